The molecule has 21 heavy (non-hydrogen) atoms. The largest absolute Gasteiger partial charge is 0.482 e. The first-order chi connectivity index (χ1) is 10.3. The molecule has 7 nitrogen and oxygen atoms in total. The highest BCUT2D eigenvalue weighted by atomic mass is 16.5. The molecular formula is C14H17N5O2. The predicted octanol–water partition coefficient (Wildman–Crippen LogP) is 0.919. The van der Waals surface area contributed by atoms with Crippen molar-refractivity contribution in [1.82, 2.24) is 20.1 Å². The maximum atomic E-state index is 11.3. The van der Waals surface area contributed by atoms with Gasteiger partial charge in [-0.05, 0) is 24.6 Å². The van der Waals surface area contributed by atoms with Crippen molar-refractivity contribution in [2.45, 2.75) is 26.6 Å². The Bertz CT molecular complexity index is 653. The molecular weight excluding hydrogens is 270 g/mol. The Kier molecular flexibility index (Phi) is 3.83. The molecule has 1 aliphatic rings. The van der Waals surface area contributed by atoms with Gasteiger partial charge in [0.25, 0.3) is 5.91 Å². The van der Waals surface area contributed by atoms with Crippen LogP contribution in [0.25, 0.3) is 0 Å². The van der Waals surface area contributed by atoms with Crippen molar-refractivity contribution in [2.24, 2.45) is 0 Å². The van der Waals surface area contributed by atoms with E-state index in [1.54, 1.807) is 6.33 Å². The molecule has 0 saturated carbocycles. The number of carbonyl (C=O) groups is 1. The quantitative estimate of drug-likeness (QED) is 0.854. The monoisotopic (exact) mass is 287 g/mol. The molecule has 0 bridgehead atoms. The molecule has 1 amide bonds. The van der Waals surface area contributed by atoms with Gasteiger partial charge in [-0.3, -0.25) is 4.79 Å². The predicted molar refractivity (Wildman–Crippen MR) is 76.8 cm³/mol. The number of anilines is 1. The average Bonchev–Trinajstić information content (AvgIpc) is 2.94. The Morgan fingerprint density at radius 3 is 3.19 bits per heavy atom. The van der Waals surface area contributed by atoms with E-state index in [4.69, 9.17) is 4.74 Å². The third-order valence-electron chi connectivity index (χ3n) is 3.33. The number of hydrogen-bond donors (Lipinski definition) is 2. The van der Waals surface area contributed by atoms with Crippen molar-refractivity contribution in [3.8, 4) is 5.75 Å². The summed E-state index contributed by atoms with van der Waals surface area (Å²) >= 11 is 0. The van der Waals surface area contributed by atoms with Gasteiger partial charge in [0.1, 0.15) is 17.9 Å². The van der Waals surface area contributed by atoms with E-state index in [0.29, 0.717) is 18.8 Å². The maximum Gasteiger partial charge on any atom is 0.262 e. The van der Waals surface area contributed by atoms with Crippen molar-refractivity contribution in [1.29, 1.82) is 0 Å². The SMILES string of the molecule is CCn1cnnc1CNCc1ccc2c(c1)NC(=O)CO2. The van der Waals surface area contributed by atoms with Crippen LogP contribution < -0.4 is 15.4 Å². The molecule has 2 aromatic rings. The Morgan fingerprint density at radius 2 is 2.33 bits per heavy atom. The third kappa shape index (κ3) is 3.03. The lowest BCUT2D eigenvalue weighted by Crippen LogP contribution is -2.25. The van der Waals surface area contributed by atoms with Crippen LogP contribution in [0.4, 0.5) is 5.69 Å². The van der Waals surface area contributed by atoms with Crippen LogP contribution in [0.1, 0.15) is 18.3 Å². The zero-order chi connectivity index (χ0) is 14.7. The zero-order valence-corrected chi connectivity index (χ0v) is 11.8. The number of carbonyl (C=O) groups excluding carboxylic acids is 1. The summed E-state index contributed by atoms with van der Waals surface area (Å²) in [6.07, 6.45) is 1.72. The summed E-state index contributed by atoms with van der Waals surface area (Å²) in [6.45, 7) is 4.32. The third-order valence-corrected chi connectivity index (χ3v) is 3.33. The summed E-state index contributed by atoms with van der Waals surface area (Å²) in [7, 11) is 0. The van der Waals surface area contributed by atoms with Crippen LogP contribution in [-0.4, -0.2) is 27.3 Å². The fraction of sp³-hybridized carbons (Fsp3) is 0.357. The molecule has 1 aromatic carbocycles. The van der Waals surface area contributed by atoms with Crippen LogP contribution in [0.5, 0.6) is 5.75 Å². The van der Waals surface area contributed by atoms with Gasteiger partial charge in [0.05, 0.1) is 12.2 Å². The fourth-order valence-electron chi connectivity index (χ4n) is 2.24. The molecule has 110 valence electrons. The number of amides is 1. The van der Waals surface area contributed by atoms with Crippen LogP contribution in [0, 0.1) is 0 Å². The Labute approximate surface area is 122 Å². The zero-order valence-electron chi connectivity index (χ0n) is 11.8. The second-order valence-electron chi connectivity index (χ2n) is 4.80. The number of fused-ring (bicyclic) bond motifs is 1. The maximum absolute atomic E-state index is 11.3. The van der Waals surface area contributed by atoms with Gasteiger partial charge in [-0.15, -0.1) is 10.2 Å². The van der Waals surface area contributed by atoms with Crippen LogP contribution in [0.15, 0.2) is 24.5 Å². The number of aromatic nitrogens is 3. The number of nitrogens with one attached hydrogen (secondary N) is 2. The van der Waals surface area contributed by atoms with Gasteiger partial charge in [0, 0.05) is 13.1 Å². The van der Waals surface area contributed by atoms with E-state index in [1.807, 2.05) is 22.8 Å². The molecule has 1 aromatic heterocycles. The van der Waals surface area contributed by atoms with E-state index in [9.17, 15) is 4.79 Å². The highest BCUT2D eigenvalue weighted by Crippen LogP contribution is 2.28. The Morgan fingerprint density at radius 1 is 1.43 bits per heavy atom. The molecule has 3 rings (SSSR count). The van der Waals surface area contributed by atoms with Crippen molar-refractivity contribution in [2.75, 3.05) is 11.9 Å². The normalized spacial score (nSPS) is 13.5. The lowest BCUT2D eigenvalue weighted by molar-refractivity contribution is -0.118. The summed E-state index contributed by atoms with van der Waals surface area (Å²) in [4.78, 5) is 11.3. The Balaban J connectivity index is 1.61. The van der Waals surface area contributed by atoms with Gasteiger partial charge < -0.3 is 19.9 Å². The van der Waals surface area contributed by atoms with Crippen LogP contribution >= 0.6 is 0 Å². The highest BCUT2D eigenvalue weighted by molar-refractivity contribution is 5.95. The topological polar surface area (TPSA) is 81.1 Å². The van der Waals surface area contributed by atoms with E-state index in [1.165, 1.54) is 0 Å². The van der Waals surface area contributed by atoms with Crippen molar-refractivity contribution < 1.29 is 9.53 Å². The number of rotatable bonds is 5. The number of nitrogens with zero attached hydrogens (tertiary/aromatic N) is 3. The van der Waals surface area contributed by atoms with Crippen LogP contribution in [0.2, 0.25) is 0 Å². The van der Waals surface area contributed by atoms with Gasteiger partial charge in [-0.1, -0.05) is 6.07 Å². The highest BCUT2D eigenvalue weighted by Gasteiger charge is 2.15. The molecule has 0 radical (unpaired) electrons. The molecule has 2 heterocycles. The number of hydrogen-bond acceptors (Lipinski definition) is 5. The average molecular weight is 287 g/mol. The fourth-order valence-corrected chi connectivity index (χ4v) is 2.24. The van der Waals surface area contributed by atoms with Gasteiger partial charge in [-0.25, -0.2) is 0 Å². The number of ether oxygens (including phenoxy) is 1. The minimum Gasteiger partial charge on any atom is -0.482 e. The van der Waals surface area contributed by atoms with Crippen LogP contribution in [-0.2, 0) is 24.4 Å². The van der Waals surface area contributed by atoms with E-state index in [-0.39, 0.29) is 12.5 Å². The lowest BCUT2D eigenvalue weighted by atomic mass is 10.1. The van der Waals surface area contributed by atoms with Gasteiger partial charge in [-0.2, -0.15) is 0 Å². The first-order valence-electron chi connectivity index (χ1n) is 6.89. The van der Waals surface area contributed by atoms with E-state index < -0.39 is 0 Å². The summed E-state index contributed by atoms with van der Waals surface area (Å²) in [6, 6.07) is 5.78. The first-order valence-corrected chi connectivity index (χ1v) is 6.89. The lowest BCUT2D eigenvalue weighted by Gasteiger charge is -2.18. The number of benzene rings is 1. The van der Waals surface area contributed by atoms with Crippen LogP contribution in [0.3, 0.4) is 0 Å². The summed E-state index contributed by atoms with van der Waals surface area (Å²) in [5, 5.41) is 14.1. The smallest absolute Gasteiger partial charge is 0.262 e. The molecule has 1 aliphatic heterocycles. The second kappa shape index (κ2) is 5.92. The van der Waals surface area contributed by atoms with E-state index >= 15 is 0 Å². The van der Waals surface area contributed by atoms with Gasteiger partial charge in [0.15, 0.2) is 6.61 Å². The van der Waals surface area contributed by atoms with Crippen molar-refractivity contribution in [3.05, 3.63) is 35.9 Å². The number of aryl methyl sites for hydroxylation is 1. The molecule has 2 N–H and O–H groups in total. The molecule has 0 aliphatic carbocycles. The van der Waals surface area contributed by atoms with E-state index in [2.05, 4.69) is 27.8 Å². The summed E-state index contributed by atoms with van der Waals surface area (Å²) in [5.74, 6) is 1.50. The van der Waals surface area contributed by atoms with Gasteiger partial charge >= 0.3 is 0 Å². The molecule has 0 spiro atoms. The molecule has 0 saturated heterocycles. The minimum absolute atomic E-state index is 0.0806. The van der Waals surface area contributed by atoms with Gasteiger partial charge in [0.2, 0.25) is 0 Å². The van der Waals surface area contributed by atoms with E-state index in [0.717, 1.165) is 23.6 Å². The standard InChI is InChI=1S/C14H17N5O2/c1-2-19-9-16-18-13(19)7-15-6-10-3-4-12-11(5-10)17-14(20)8-21-12/h3-5,9,15H,2,6-8H2,1H3,(H,17,20). The molecule has 7 heteroatoms. The second-order valence-corrected chi connectivity index (χ2v) is 4.80. The van der Waals surface area contributed by atoms with Crippen molar-refractivity contribution >= 4 is 11.6 Å². The first kappa shape index (κ1) is 13.6. The Hall–Kier alpha value is -2.41. The molecule has 0 atom stereocenters. The van der Waals surface area contributed by atoms with Crippen molar-refractivity contribution in [3.63, 3.8) is 0 Å². The summed E-state index contributed by atoms with van der Waals surface area (Å²) in [5.41, 5.74) is 1.80. The molecule has 0 fully saturated rings. The minimum atomic E-state index is -0.122. The summed E-state index contributed by atoms with van der Waals surface area (Å²) < 4.78 is 7.32. The molecule has 0 unspecified atom stereocenters.